The lowest BCUT2D eigenvalue weighted by Crippen LogP contribution is -2.23. The van der Waals surface area contributed by atoms with Gasteiger partial charge in [-0.05, 0) is 29.7 Å². The van der Waals surface area contributed by atoms with Gasteiger partial charge in [-0.1, -0.05) is 18.2 Å². The first-order valence-electron chi connectivity index (χ1n) is 5.26. The summed E-state index contributed by atoms with van der Waals surface area (Å²) in [5, 5.41) is 9.03. The zero-order chi connectivity index (χ0) is 11.1. The largest absolute Gasteiger partial charge is 0.478 e. The van der Waals surface area contributed by atoms with E-state index in [9.17, 15) is 4.79 Å². The normalized spacial score (nSPS) is 16.1. The summed E-state index contributed by atoms with van der Waals surface area (Å²) in [5.74, 6) is -0.862. The molecular weight excluding hydrogens is 202 g/mol. The molecule has 1 aromatic carbocycles. The molecule has 0 atom stereocenters. The van der Waals surface area contributed by atoms with Gasteiger partial charge in [0.2, 0.25) is 0 Å². The van der Waals surface area contributed by atoms with Gasteiger partial charge in [-0.25, -0.2) is 4.79 Å². The summed E-state index contributed by atoms with van der Waals surface area (Å²) in [5.41, 5.74) is 3.64. The second-order valence-corrected chi connectivity index (χ2v) is 4.02. The van der Waals surface area contributed by atoms with Crippen molar-refractivity contribution in [3.05, 3.63) is 47.2 Å². The number of hydrogen-bond acceptors (Lipinski definition) is 2. The predicted octanol–water partition coefficient (Wildman–Crippen LogP) is 2.29. The topological polar surface area (TPSA) is 40.5 Å². The molecule has 0 amide bonds. The molecule has 2 aliphatic rings. The maximum atomic E-state index is 11.0. The van der Waals surface area contributed by atoms with E-state index in [1.165, 1.54) is 0 Å². The van der Waals surface area contributed by atoms with Crippen LogP contribution >= 0.6 is 0 Å². The third kappa shape index (κ3) is 1.25. The Kier molecular flexibility index (Phi) is 1.86. The number of rotatable bonds is 1. The van der Waals surface area contributed by atoms with Gasteiger partial charge in [0.25, 0.3) is 0 Å². The maximum absolute atomic E-state index is 11.0. The van der Waals surface area contributed by atoms with Crippen molar-refractivity contribution >= 4 is 17.7 Å². The minimum Gasteiger partial charge on any atom is -0.478 e. The molecule has 3 rings (SSSR count). The molecule has 2 heterocycles. The number of allylic oxidation sites excluding steroid dienone is 1. The Morgan fingerprint density at radius 1 is 1.31 bits per heavy atom. The first-order valence-corrected chi connectivity index (χ1v) is 5.26. The number of carbonyl (C=O) groups is 1. The Hall–Kier alpha value is -2.03. The van der Waals surface area contributed by atoms with Crippen LogP contribution in [0.4, 0.5) is 5.69 Å². The van der Waals surface area contributed by atoms with Crippen LogP contribution in [0.1, 0.15) is 21.5 Å². The van der Waals surface area contributed by atoms with Crippen molar-refractivity contribution < 1.29 is 9.90 Å². The molecule has 0 radical (unpaired) electrons. The molecule has 0 aromatic heterocycles. The molecule has 3 nitrogen and oxygen atoms in total. The highest BCUT2D eigenvalue weighted by Gasteiger charge is 2.20. The Labute approximate surface area is 93.3 Å². The minimum atomic E-state index is -0.862. The Bertz CT molecular complexity index is 529. The Morgan fingerprint density at radius 3 is 3.00 bits per heavy atom. The minimum absolute atomic E-state index is 0.371. The maximum Gasteiger partial charge on any atom is 0.335 e. The molecule has 0 spiro atoms. The van der Waals surface area contributed by atoms with Crippen molar-refractivity contribution in [2.75, 3.05) is 11.4 Å². The van der Waals surface area contributed by atoms with Gasteiger partial charge in [0.05, 0.1) is 11.3 Å². The van der Waals surface area contributed by atoms with Crippen LogP contribution in [0.2, 0.25) is 0 Å². The van der Waals surface area contributed by atoms with Crippen molar-refractivity contribution in [2.24, 2.45) is 0 Å². The second kappa shape index (κ2) is 3.23. The summed E-state index contributed by atoms with van der Waals surface area (Å²) in [4.78, 5) is 13.2. The summed E-state index contributed by atoms with van der Waals surface area (Å²) >= 11 is 0. The number of anilines is 1. The third-order valence-electron chi connectivity index (χ3n) is 2.98. The van der Waals surface area contributed by atoms with Crippen LogP contribution in [0, 0.1) is 0 Å². The zero-order valence-electron chi connectivity index (χ0n) is 8.68. The van der Waals surface area contributed by atoms with Gasteiger partial charge in [-0.3, -0.25) is 0 Å². The van der Waals surface area contributed by atoms with E-state index in [1.54, 1.807) is 12.1 Å². The molecule has 2 aliphatic heterocycles. The lowest BCUT2D eigenvalue weighted by molar-refractivity contribution is 0.0697. The molecule has 80 valence electrons. The van der Waals surface area contributed by atoms with Crippen LogP contribution in [0.25, 0.3) is 6.08 Å². The van der Waals surface area contributed by atoms with Crippen LogP contribution in [0.5, 0.6) is 0 Å². The summed E-state index contributed by atoms with van der Waals surface area (Å²) in [6.07, 6.45) is 8.99. The highest BCUT2D eigenvalue weighted by molar-refractivity contribution is 5.91. The monoisotopic (exact) mass is 213 g/mol. The van der Waals surface area contributed by atoms with E-state index in [0.717, 1.165) is 29.8 Å². The first-order chi connectivity index (χ1) is 7.75. The van der Waals surface area contributed by atoms with E-state index in [2.05, 4.69) is 17.2 Å². The zero-order valence-corrected chi connectivity index (χ0v) is 8.68. The molecule has 0 aliphatic carbocycles. The number of benzene rings is 1. The van der Waals surface area contributed by atoms with Crippen molar-refractivity contribution in [1.82, 2.24) is 0 Å². The summed E-state index contributed by atoms with van der Waals surface area (Å²) < 4.78 is 0. The molecule has 3 heteroatoms. The highest BCUT2D eigenvalue weighted by atomic mass is 16.4. The van der Waals surface area contributed by atoms with Crippen molar-refractivity contribution in [3.8, 4) is 0 Å². The number of nitrogens with zero attached hydrogens (tertiary/aromatic N) is 1. The van der Waals surface area contributed by atoms with Gasteiger partial charge < -0.3 is 10.0 Å². The fourth-order valence-electron chi connectivity index (χ4n) is 2.30. The first kappa shape index (κ1) is 9.21. The van der Waals surface area contributed by atoms with E-state index in [1.807, 2.05) is 12.2 Å². The molecule has 1 N–H and O–H groups in total. The van der Waals surface area contributed by atoms with E-state index < -0.39 is 5.97 Å². The number of hydrogen-bond donors (Lipinski definition) is 1. The quantitative estimate of drug-likeness (QED) is 0.778. The van der Waals surface area contributed by atoms with Gasteiger partial charge >= 0.3 is 5.97 Å². The van der Waals surface area contributed by atoms with Gasteiger partial charge in [0.15, 0.2) is 0 Å². The van der Waals surface area contributed by atoms with Gasteiger partial charge in [-0.2, -0.15) is 0 Å². The van der Waals surface area contributed by atoms with Crippen LogP contribution in [-0.2, 0) is 6.42 Å². The van der Waals surface area contributed by atoms with Crippen LogP contribution < -0.4 is 4.90 Å². The predicted molar refractivity (Wildman–Crippen MR) is 62.6 cm³/mol. The van der Waals surface area contributed by atoms with E-state index in [-0.39, 0.29) is 0 Å². The molecule has 0 saturated carbocycles. The molecule has 0 saturated heterocycles. The van der Waals surface area contributed by atoms with E-state index >= 15 is 0 Å². The van der Waals surface area contributed by atoms with E-state index in [4.69, 9.17) is 5.11 Å². The fourth-order valence-corrected chi connectivity index (χ4v) is 2.30. The van der Waals surface area contributed by atoms with Crippen molar-refractivity contribution in [2.45, 2.75) is 6.42 Å². The van der Waals surface area contributed by atoms with Crippen LogP contribution in [0.15, 0.2) is 30.5 Å². The Morgan fingerprint density at radius 2 is 2.19 bits per heavy atom. The third-order valence-corrected chi connectivity index (χ3v) is 2.98. The van der Waals surface area contributed by atoms with Gasteiger partial charge in [0, 0.05) is 12.7 Å². The Balaban J connectivity index is 2.24. The SMILES string of the molecule is O=C(O)c1cc2c3c(c1)CC=CN3CC=C2. The molecule has 0 bridgehead atoms. The average molecular weight is 213 g/mol. The summed E-state index contributed by atoms with van der Waals surface area (Å²) in [6, 6.07) is 3.51. The van der Waals surface area contributed by atoms with E-state index in [0.29, 0.717) is 5.56 Å². The van der Waals surface area contributed by atoms with Crippen molar-refractivity contribution in [3.63, 3.8) is 0 Å². The van der Waals surface area contributed by atoms with Crippen molar-refractivity contribution in [1.29, 1.82) is 0 Å². The lowest BCUT2D eigenvalue weighted by Gasteiger charge is -2.30. The standard InChI is InChI=1S/C13H11NO2/c15-13(16)11-7-9-3-1-5-14-6-2-4-10(8-11)12(9)14/h1-3,6-8H,4-5H2,(H,15,16). The molecular formula is C13H11NO2. The lowest BCUT2D eigenvalue weighted by atomic mass is 9.95. The summed E-state index contributed by atoms with van der Waals surface area (Å²) in [7, 11) is 0. The highest BCUT2D eigenvalue weighted by Crippen LogP contribution is 2.34. The van der Waals surface area contributed by atoms with Crippen LogP contribution in [-0.4, -0.2) is 17.6 Å². The molecule has 16 heavy (non-hydrogen) atoms. The fraction of sp³-hybridized carbons (Fsp3) is 0.154. The second-order valence-electron chi connectivity index (χ2n) is 4.02. The average Bonchev–Trinajstić information content (AvgIpc) is 2.29. The van der Waals surface area contributed by atoms with Gasteiger partial charge in [-0.15, -0.1) is 0 Å². The van der Waals surface area contributed by atoms with Gasteiger partial charge in [0.1, 0.15) is 0 Å². The summed E-state index contributed by atoms with van der Waals surface area (Å²) in [6.45, 7) is 0.864. The number of carboxylic acid groups (broad SMARTS) is 1. The molecule has 0 unspecified atom stereocenters. The smallest absolute Gasteiger partial charge is 0.335 e. The molecule has 0 fully saturated rings. The van der Waals surface area contributed by atoms with Crippen LogP contribution in [0.3, 0.4) is 0 Å². The number of aromatic carboxylic acids is 1. The number of carboxylic acids is 1. The molecule has 1 aromatic rings.